The average molecular weight is 314 g/mol. The van der Waals surface area contributed by atoms with Crippen LogP contribution in [0.1, 0.15) is 5.69 Å². The van der Waals surface area contributed by atoms with Crippen molar-refractivity contribution in [1.29, 1.82) is 0 Å². The number of rotatable bonds is 3. The molecule has 1 aromatic carbocycles. The van der Waals surface area contributed by atoms with Crippen LogP contribution in [0.15, 0.2) is 48.8 Å². The third-order valence-corrected chi connectivity index (χ3v) is 3.13. The Morgan fingerprint density at radius 2 is 1.65 bits per heavy atom. The number of nitrogens with zero attached hydrogens (tertiary/aromatic N) is 2. The number of H-pyrrole nitrogens is 1. The zero-order chi connectivity index (χ0) is 16.7. The number of halogens is 1. The third-order valence-electron chi connectivity index (χ3n) is 3.13. The van der Waals surface area contributed by atoms with Gasteiger partial charge < -0.3 is 10.5 Å². The Labute approximate surface area is 134 Å². The molecular formula is C17H19FN4O. The summed E-state index contributed by atoms with van der Waals surface area (Å²) in [5.74, 6) is -0.270. The number of hydrogen-bond acceptors (Lipinski definition) is 4. The second-order valence-electron chi connectivity index (χ2n) is 4.78. The molecule has 0 saturated carbocycles. The summed E-state index contributed by atoms with van der Waals surface area (Å²) in [4.78, 5) is 4.01. The normalized spacial score (nSPS) is 10.1. The Bertz CT molecular complexity index is 726. The maximum atomic E-state index is 13.0. The fraction of sp³-hybridized carbons (Fsp3) is 0.176. The number of ether oxygens (including phenoxy) is 1. The fourth-order valence-electron chi connectivity index (χ4n) is 2.17. The van der Waals surface area contributed by atoms with Crippen LogP contribution >= 0.6 is 0 Å². The van der Waals surface area contributed by atoms with Gasteiger partial charge in [-0.2, -0.15) is 5.10 Å². The third kappa shape index (κ3) is 4.00. The van der Waals surface area contributed by atoms with E-state index in [1.807, 2.05) is 12.1 Å². The molecule has 120 valence electrons. The molecule has 5 nitrogen and oxygen atoms in total. The van der Waals surface area contributed by atoms with Crippen LogP contribution in [0.3, 0.4) is 0 Å². The van der Waals surface area contributed by atoms with Crippen LogP contribution in [0.2, 0.25) is 0 Å². The maximum Gasteiger partial charge on any atom is 0.123 e. The Morgan fingerprint density at radius 1 is 1.04 bits per heavy atom. The van der Waals surface area contributed by atoms with Crippen LogP contribution in [0, 0.1) is 5.82 Å². The lowest BCUT2D eigenvalue weighted by molar-refractivity contribution is 0.277. The monoisotopic (exact) mass is 314 g/mol. The van der Waals surface area contributed by atoms with Crippen LogP contribution in [-0.2, 0) is 11.3 Å². The standard InChI is InChI=1S/C15H13FN4.C2H6O/c16-12-3-1-11(2-4-12)15-14(13(9-17)19-20-15)10-5-7-18-8-6-10;1-3-2/h1-8H,9,17H2,(H,19,20);1-2H3. The van der Waals surface area contributed by atoms with Crippen molar-refractivity contribution in [2.75, 3.05) is 14.2 Å². The first-order chi connectivity index (χ1) is 11.2. The minimum atomic E-state index is -0.270. The van der Waals surface area contributed by atoms with Crippen molar-refractivity contribution < 1.29 is 9.13 Å². The van der Waals surface area contributed by atoms with Gasteiger partial charge in [-0.15, -0.1) is 0 Å². The molecular weight excluding hydrogens is 295 g/mol. The number of methoxy groups -OCH3 is 1. The summed E-state index contributed by atoms with van der Waals surface area (Å²) in [5.41, 5.74) is 10.1. The Balaban J connectivity index is 0.000000595. The lowest BCUT2D eigenvalue weighted by atomic mass is 10.00. The zero-order valence-corrected chi connectivity index (χ0v) is 13.1. The van der Waals surface area contributed by atoms with E-state index in [0.29, 0.717) is 6.54 Å². The van der Waals surface area contributed by atoms with E-state index >= 15 is 0 Å². The van der Waals surface area contributed by atoms with Gasteiger partial charge in [0.05, 0.1) is 5.69 Å². The summed E-state index contributed by atoms with van der Waals surface area (Å²) >= 11 is 0. The molecule has 0 saturated heterocycles. The molecule has 3 aromatic rings. The van der Waals surface area contributed by atoms with Crippen LogP contribution in [0.5, 0.6) is 0 Å². The topological polar surface area (TPSA) is 76.8 Å². The molecule has 0 aliphatic rings. The van der Waals surface area contributed by atoms with Crippen molar-refractivity contribution in [3.63, 3.8) is 0 Å². The lowest BCUT2D eigenvalue weighted by Gasteiger charge is -2.05. The van der Waals surface area contributed by atoms with Gasteiger partial charge in [0.15, 0.2) is 0 Å². The van der Waals surface area contributed by atoms with Gasteiger partial charge in [-0.1, -0.05) is 0 Å². The molecule has 2 heterocycles. The predicted octanol–water partition coefficient (Wildman–Crippen LogP) is 3.00. The molecule has 2 aromatic heterocycles. The van der Waals surface area contributed by atoms with E-state index in [4.69, 9.17) is 5.73 Å². The van der Waals surface area contributed by atoms with E-state index < -0.39 is 0 Å². The molecule has 0 fully saturated rings. The number of aromatic nitrogens is 3. The van der Waals surface area contributed by atoms with Crippen LogP contribution in [0.4, 0.5) is 4.39 Å². The van der Waals surface area contributed by atoms with E-state index in [1.54, 1.807) is 38.7 Å². The minimum Gasteiger partial charge on any atom is -0.388 e. The number of nitrogens with one attached hydrogen (secondary N) is 1. The van der Waals surface area contributed by atoms with Crippen molar-refractivity contribution in [2.45, 2.75) is 6.54 Å². The van der Waals surface area contributed by atoms with Gasteiger partial charge in [0.25, 0.3) is 0 Å². The van der Waals surface area contributed by atoms with Crippen molar-refractivity contribution in [2.24, 2.45) is 5.73 Å². The molecule has 0 amide bonds. The second kappa shape index (κ2) is 8.17. The largest absolute Gasteiger partial charge is 0.388 e. The van der Waals surface area contributed by atoms with Crippen LogP contribution in [-0.4, -0.2) is 29.4 Å². The highest BCUT2D eigenvalue weighted by atomic mass is 19.1. The van der Waals surface area contributed by atoms with E-state index in [1.165, 1.54) is 12.1 Å². The van der Waals surface area contributed by atoms with Crippen molar-refractivity contribution in [3.05, 3.63) is 60.3 Å². The van der Waals surface area contributed by atoms with E-state index in [-0.39, 0.29) is 5.82 Å². The highest BCUT2D eigenvalue weighted by Gasteiger charge is 2.15. The SMILES string of the molecule is COC.NCc1[nH]nc(-c2ccc(F)cc2)c1-c1ccncc1. The van der Waals surface area contributed by atoms with Gasteiger partial charge >= 0.3 is 0 Å². The van der Waals surface area contributed by atoms with Gasteiger partial charge in [0.2, 0.25) is 0 Å². The summed E-state index contributed by atoms with van der Waals surface area (Å²) in [6.07, 6.45) is 3.44. The molecule has 0 spiro atoms. The van der Waals surface area contributed by atoms with E-state index in [2.05, 4.69) is 19.9 Å². The Kier molecular flexibility index (Phi) is 5.96. The summed E-state index contributed by atoms with van der Waals surface area (Å²) in [7, 11) is 3.25. The molecule has 23 heavy (non-hydrogen) atoms. The molecule has 0 aliphatic heterocycles. The lowest BCUT2D eigenvalue weighted by Crippen LogP contribution is -1.98. The van der Waals surface area contributed by atoms with E-state index in [0.717, 1.165) is 28.1 Å². The average Bonchev–Trinajstić information content (AvgIpc) is 3.01. The molecule has 0 radical (unpaired) electrons. The molecule has 3 N–H and O–H groups in total. The molecule has 0 aliphatic carbocycles. The minimum absolute atomic E-state index is 0.270. The van der Waals surface area contributed by atoms with Gasteiger partial charge in [-0.05, 0) is 42.0 Å². The highest BCUT2D eigenvalue weighted by molar-refractivity contribution is 5.82. The summed E-state index contributed by atoms with van der Waals surface area (Å²) < 4.78 is 17.3. The van der Waals surface area contributed by atoms with Crippen LogP contribution < -0.4 is 5.73 Å². The van der Waals surface area contributed by atoms with Crippen molar-refractivity contribution in [3.8, 4) is 22.4 Å². The molecule has 6 heteroatoms. The zero-order valence-electron chi connectivity index (χ0n) is 13.1. The van der Waals surface area contributed by atoms with Crippen molar-refractivity contribution >= 4 is 0 Å². The first-order valence-corrected chi connectivity index (χ1v) is 7.05. The Morgan fingerprint density at radius 3 is 2.22 bits per heavy atom. The maximum absolute atomic E-state index is 13.0. The van der Waals surface area contributed by atoms with Crippen LogP contribution in [0.25, 0.3) is 22.4 Å². The number of benzene rings is 1. The first-order valence-electron chi connectivity index (χ1n) is 7.05. The fourth-order valence-corrected chi connectivity index (χ4v) is 2.17. The molecule has 0 atom stereocenters. The van der Waals surface area contributed by atoms with E-state index in [9.17, 15) is 4.39 Å². The number of pyridine rings is 1. The first kappa shape index (κ1) is 16.8. The molecule has 3 rings (SSSR count). The van der Waals surface area contributed by atoms with Gasteiger partial charge in [-0.3, -0.25) is 10.1 Å². The quantitative estimate of drug-likeness (QED) is 0.779. The Hall–Kier alpha value is -2.57. The summed E-state index contributed by atoms with van der Waals surface area (Å²) in [6, 6.07) is 10.0. The number of nitrogens with two attached hydrogens (primary N) is 1. The van der Waals surface area contributed by atoms with Crippen molar-refractivity contribution in [1.82, 2.24) is 15.2 Å². The summed E-state index contributed by atoms with van der Waals surface area (Å²) in [6.45, 7) is 0.353. The smallest absolute Gasteiger partial charge is 0.123 e. The van der Waals surface area contributed by atoms with Gasteiger partial charge in [0.1, 0.15) is 11.5 Å². The highest BCUT2D eigenvalue weighted by Crippen LogP contribution is 2.32. The number of hydrogen-bond donors (Lipinski definition) is 2. The molecule has 0 bridgehead atoms. The molecule has 0 unspecified atom stereocenters. The summed E-state index contributed by atoms with van der Waals surface area (Å²) in [5, 5.41) is 7.26. The van der Waals surface area contributed by atoms with Gasteiger partial charge in [0, 0.05) is 44.3 Å². The number of aromatic amines is 1. The second-order valence-corrected chi connectivity index (χ2v) is 4.78. The van der Waals surface area contributed by atoms with Gasteiger partial charge in [-0.25, -0.2) is 4.39 Å². The predicted molar refractivity (Wildman–Crippen MR) is 88.0 cm³/mol.